The lowest BCUT2D eigenvalue weighted by Crippen LogP contribution is -2.32. The highest BCUT2D eigenvalue weighted by atomic mass is 16.5. The third kappa shape index (κ3) is 3.63. The Morgan fingerprint density at radius 2 is 1.87 bits per heavy atom. The summed E-state index contributed by atoms with van der Waals surface area (Å²) in [5, 5.41) is 11.5. The van der Waals surface area contributed by atoms with Crippen molar-refractivity contribution in [3.63, 3.8) is 0 Å². The van der Waals surface area contributed by atoms with Crippen LogP contribution >= 0.6 is 0 Å². The van der Waals surface area contributed by atoms with Crippen LogP contribution < -0.4 is 9.47 Å². The molecule has 0 saturated carbocycles. The molecule has 1 aliphatic rings. The van der Waals surface area contributed by atoms with E-state index in [1.807, 2.05) is 30.5 Å². The van der Waals surface area contributed by atoms with Gasteiger partial charge in [-0.1, -0.05) is 12.1 Å². The van der Waals surface area contributed by atoms with Gasteiger partial charge in [0.2, 0.25) is 0 Å². The number of ketones is 1. The summed E-state index contributed by atoms with van der Waals surface area (Å²) in [6.07, 6.45) is 2.45. The number of carbonyl (C=O) groups excluding carboxylic acids is 2. The first-order chi connectivity index (χ1) is 14.9. The summed E-state index contributed by atoms with van der Waals surface area (Å²) in [5.41, 5.74) is 2.81. The van der Waals surface area contributed by atoms with Crippen molar-refractivity contribution in [2.75, 3.05) is 20.8 Å². The quantitative estimate of drug-likeness (QED) is 0.608. The van der Waals surface area contributed by atoms with Crippen LogP contribution in [0.1, 0.15) is 24.1 Å². The number of hydrogen-bond acceptors (Lipinski definition) is 5. The molecule has 0 saturated heterocycles. The number of fused-ring (bicyclic) bond motifs is 1. The van der Waals surface area contributed by atoms with Crippen molar-refractivity contribution in [3.8, 4) is 11.5 Å². The second-order valence-electron chi connectivity index (χ2n) is 7.47. The fourth-order valence-corrected chi connectivity index (χ4v) is 4.13. The molecule has 4 rings (SSSR count). The molecule has 7 heteroatoms. The zero-order valence-corrected chi connectivity index (χ0v) is 17.6. The molecule has 1 atom stereocenters. The van der Waals surface area contributed by atoms with Gasteiger partial charge in [-0.15, -0.1) is 0 Å². The second-order valence-corrected chi connectivity index (χ2v) is 7.47. The molecule has 1 aliphatic heterocycles. The van der Waals surface area contributed by atoms with Gasteiger partial charge in [0.1, 0.15) is 11.5 Å². The molecule has 3 aromatic rings. The lowest BCUT2D eigenvalue weighted by molar-refractivity contribution is -0.129. The van der Waals surface area contributed by atoms with Crippen LogP contribution in [0.3, 0.4) is 0 Å². The fraction of sp³-hybridized carbons (Fsp3) is 0.250. The SMILES string of the molecule is COc1cccc(C2C(C(C)=O)=C(O)C(=O)N2CCc2c[nH]c3ccc(OC)cc23)c1. The van der Waals surface area contributed by atoms with Crippen LogP contribution in [0.4, 0.5) is 0 Å². The van der Waals surface area contributed by atoms with Gasteiger partial charge in [-0.05, 0) is 54.8 Å². The number of hydrogen-bond donors (Lipinski definition) is 2. The fourth-order valence-electron chi connectivity index (χ4n) is 4.13. The third-order valence-corrected chi connectivity index (χ3v) is 5.69. The number of ether oxygens (including phenoxy) is 2. The number of rotatable bonds is 7. The number of benzene rings is 2. The number of nitrogens with one attached hydrogen (secondary N) is 1. The standard InChI is InChI=1S/C24H24N2O5/c1-14(27)21-22(15-5-4-6-17(11-15)30-2)26(24(29)23(21)28)10-9-16-13-25-20-8-7-18(31-3)12-19(16)20/h4-8,11-13,22,25,28H,9-10H2,1-3H3. The third-order valence-electron chi connectivity index (χ3n) is 5.69. The molecule has 1 aromatic heterocycles. The number of H-pyrrole nitrogens is 1. The smallest absolute Gasteiger partial charge is 0.290 e. The van der Waals surface area contributed by atoms with Crippen LogP contribution in [0.2, 0.25) is 0 Å². The number of aromatic amines is 1. The van der Waals surface area contributed by atoms with Crippen LogP contribution in [-0.4, -0.2) is 47.4 Å². The number of aliphatic hydroxyl groups is 1. The minimum Gasteiger partial charge on any atom is -0.503 e. The summed E-state index contributed by atoms with van der Waals surface area (Å²) in [7, 11) is 3.17. The molecule has 1 unspecified atom stereocenters. The van der Waals surface area contributed by atoms with E-state index in [-0.39, 0.29) is 11.4 Å². The first-order valence-electron chi connectivity index (χ1n) is 9.97. The predicted octanol–water partition coefficient (Wildman–Crippen LogP) is 3.71. The van der Waals surface area contributed by atoms with E-state index in [9.17, 15) is 14.7 Å². The Morgan fingerprint density at radius 3 is 2.58 bits per heavy atom. The van der Waals surface area contributed by atoms with Gasteiger partial charge in [0.15, 0.2) is 11.5 Å². The van der Waals surface area contributed by atoms with Crippen LogP contribution in [-0.2, 0) is 16.0 Å². The number of carbonyl (C=O) groups is 2. The first kappa shape index (κ1) is 20.5. The summed E-state index contributed by atoms with van der Waals surface area (Å²) in [4.78, 5) is 30.0. The highest BCUT2D eigenvalue weighted by Crippen LogP contribution is 2.39. The molecule has 0 bridgehead atoms. The van der Waals surface area contributed by atoms with Gasteiger partial charge in [-0.25, -0.2) is 0 Å². The normalized spacial score (nSPS) is 16.3. The number of nitrogens with zero attached hydrogens (tertiary/aromatic N) is 1. The van der Waals surface area contributed by atoms with Gasteiger partial charge < -0.3 is 24.5 Å². The predicted molar refractivity (Wildman–Crippen MR) is 116 cm³/mol. The average Bonchev–Trinajstić information content (AvgIpc) is 3.30. The maximum atomic E-state index is 12.9. The molecule has 31 heavy (non-hydrogen) atoms. The number of Topliss-reactive ketones (excluding diaryl/α,β-unsaturated/α-hetero) is 1. The number of methoxy groups -OCH3 is 2. The van der Waals surface area contributed by atoms with Crippen molar-refractivity contribution < 1.29 is 24.2 Å². The Morgan fingerprint density at radius 1 is 1.13 bits per heavy atom. The number of amides is 1. The number of aromatic nitrogens is 1. The molecule has 2 heterocycles. The summed E-state index contributed by atoms with van der Waals surface area (Å²) in [6, 6.07) is 12.3. The van der Waals surface area contributed by atoms with Gasteiger partial charge in [0.05, 0.1) is 25.8 Å². The largest absolute Gasteiger partial charge is 0.503 e. The molecule has 160 valence electrons. The van der Waals surface area contributed by atoms with E-state index in [0.717, 1.165) is 22.2 Å². The van der Waals surface area contributed by atoms with Crippen LogP contribution in [0, 0.1) is 0 Å². The molecule has 0 radical (unpaired) electrons. The minimum atomic E-state index is -0.667. The zero-order chi connectivity index (χ0) is 22.1. The first-order valence-corrected chi connectivity index (χ1v) is 9.97. The number of aliphatic hydroxyl groups excluding tert-OH is 1. The lowest BCUT2D eigenvalue weighted by Gasteiger charge is -2.26. The van der Waals surface area contributed by atoms with Crippen molar-refractivity contribution in [2.45, 2.75) is 19.4 Å². The minimum absolute atomic E-state index is 0.110. The van der Waals surface area contributed by atoms with Gasteiger partial charge in [0.25, 0.3) is 5.91 Å². The highest BCUT2D eigenvalue weighted by molar-refractivity contribution is 6.08. The summed E-state index contributed by atoms with van der Waals surface area (Å²) >= 11 is 0. The van der Waals surface area contributed by atoms with E-state index in [0.29, 0.717) is 24.3 Å². The van der Waals surface area contributed by atoms with E-state index >= 15 is 0 Å². The topological polar surface area (TPSA) is 91.9 Å². The molecule has 2 aromatic carbocycles. The van der Waals surface area contributed by atoms with Crippen molar-refractivity contribution >= 4 is 22.6 Å². The molecular weight excluding hydrogens is 396 g/mol. The van der Waals surface area contributed by atoms with Crippen molar-refractivity contribution in [2.24, 2.45) is 0 Å². The van der Waals surface area contributed by atoms with E-state index < -0.39 is 17.7 Å². The average molecular weight is 420 g/mol. The van der Waals surface area contributed by atoms with E-state index in [4.69, 9.17) is 9.47 Å². The van der Waals surface area contributed by atoms with Gasteiger partial charge in [-0.3, -0.25) is 9.59 Å². The molecule has 0 spiro atoms. The van der Waals surface area contributed by atoms with Crippen LogP contribution in [0.5, 0.6) is 11.5 Å². The molecule has 0 fully saturated rings. The molecular formula is C24H24N2O5. The van der Waals surface area contributed by atoms with Crippen molar-refractivity contribution in [1.82, 2.24) is 9.88 Å². The van der Waals surface area contributed by atoms with Crippen LogP contribution in [0.15, 0.2) is 60.0 Å². The van der Waals surface area contributed by atoms with E-state index in [1.54, 1.807) is 37.3 Å². The molecule has 1 amide bonds. The van der Waals surface area contributed by atoms with Crippen molar-refractivity contribution in [1.29, 1.82) is 0 Å². The maximum absolute atomic E-state index is 12.9. The summed E-state index contributed by atoms with van der Waals surface area (Å²) < 4.78 is 10.6. The Balaban J connectivity index is 1.67. The Bertz CT molecular complexity index is 1190. The second kappa shape index (κ2) is 8.18. The Hall–Kier alpha value is -3.74. The zero-order valence-electron chi connectivity index (χ0n) is 17.6. The van der Waals surface area contributed by atoms with Crippen LogP contribution in [0.25, 0.3) is 10.9 Å². The summed E-state index contributed by atoms with van der Waals surface area (Å²) in [6.45, 7) is 1.69. The lowest BCUT2D eigenvalue weighted by atomic mass is 9.96. The molecule has 7 nitrogen and oxygen atoms in total. The Kier molecular flexibility index (Phi) is 5.42. The van der Waals surface area contributed by atoms with Gasteiger partial charge >= 0.3 is 0 Å². The van der Waals surface area contributed by atoms with E-state index in [2.05, 4.69) is 4.98 Å². The summed E-state index contributed by atoms with van der Waals surface area (Å²) in [5.74, 6) is -0.00435. The molecule has 2 N–H and O–H groups in total. The maximum Gasteiger partial charge on any atom is 0.290 e. The molecule has 0 aliphatic carbocycles. The van der Waals surface area contributed by atoms with E-state index in [1.165, 1.54) is 6.92 Å². The van der Waals surface area contributed by atoms with Crippen molar-refractivity contribution in [3.05, 3.63) is 71.1 Å². The van der Waals surface area contributed by atoms with Gasteiger partial charge in [-0.2, -0.15) is 0 Å². The highest BCUT2D eigenvalue weighted by Gasteiger charge is 2.42. The Labute approximate surface area is 179 Å². The monoisotopic (exact) mass is 420 g/mol. The van der Waals surface area contributed by atoms with Gasteiger partial charge in [0, 0.05) is 23.6 Å².